The van der Waals surface area contributed by atoms with Gasteiger partial charge < -0.3 is 23.5 Å². The van der Waals surface area contributed by atoms with E-state index in [2.05, 4.69) is 15.9 Å². The Kier molecular flexibility index (Phi) is 7.63. The number of benzene rings is 2. The number of aryl methyl sites for hydroxylation is 1. The summed E-state index contributed by atoms with van der Waals surface area (Å²) in [4.78, 5) is 17.6. The second-order valence-corrected chi connectivity index (χ2v) is 8.40. The molecule has 182 valence electrons. The first-order valence-corrected chi connectivity index (χ1v) is 12.0. The van der Waals surface area contributed by atoms with Gasteiger partial charge in [0.1, 0.15) is 22.8 Å². The van der Waals surface area contributed by atoms with Crippen molar-refractivity contribution in [3.8, 4) is 17.2 Å². The highest BCUT2D eigenvalue weighted by molar-refractivity contribution is 5.89. The van der Waals surface area contributed by atoms with Crippen LogP contribution in [0.5, 0.6) is 17.2 Å². The van der Waals surface area contributed by atoms with Gasteiger partial charge in [0.2, 0.25) is 0 Å². The highest BCUT2D eigenvalue weighted by Crippen LogP contribution is 2.34. The van der Waals surface area contributed by atoms with Crippen molar-refractivity contribution >= 4 is 16.7 Å². The van der Waals surface area contributed by atoms with Crippen molar-refractivity contribution in [2.45, 2.75) is 27.2 Å². The van der Waals surface area contributed by atoms with Crippen LogP contribution < -0.4 is 24.7 Å². The highest BCUT2D eigenvalue weighted by Gasteiger charge is 2.21. The van der Waals surface area contributed by atoms with E-state index in [1.54, 1.807) is 13.2 Å². The average Bonchev–Trinajstić information content (AvgIpc) is 2.84. The van der Waals surface area contributed by atoms with Crippen molar-refractivity contribution in [1.82, 2.24) is 4.90 Å². The van der Waals surface area contributed by atoms with Crippen molar-refractivity contribution in [2.75, 3.05) is 57.9 Å². The van der Waals surface area contributed by atoms with Gasteiger partial charge in [0.05, 0.1) is 31.4 Å². The fourth-order valence-corrected chi connectivity index (χ4v) is 4.66. The molecule has 1 aliphatic heterocycles. The van der Waals surface area contributed by atoms with Gasteiger partial charge >= 0.3 is 5.63 Å². The number of ether oxygens (including phenoxy) is 3. The number of methoxy groups -OCH3 is 1. The van der Waals surface area contributed by atoms with Crippen molar-refractivity contribution in [3.05, 3.63) is 57.9 Å². The zero-order chi connectivity index (χ0) is 24.1. The highest BCUT2D eigenvalue weighted by atomic mass is 16.5. The Morgan fingerprint density at radius 1 is 0.971 bits per heavy atom. The third kappa shape index (κ3) is 4.99. The van der Waals surface area contributed by atoms with Gasteiger partial charge in [0.15, 0.2) is 0 Å². The van der Waals surface area contributed by atoms with E-state index in [-0.39, 0.29) is 5.63 Å². The molecule has 1 fully saturated rings. The molecular weight excluding hydrogens is 432 g/mol. The fourth-order valence-electron chi connectivity index (χ4n) is 4.66. The van der Waals surface area contributed by atoms with Gasteiger partial charge in [-0.2, -0.15) is 0 Å². The third-order valence-corrected chi connectivity index (χ3v) is 6.40. The average molecular weight is 467 g/mol. The Hall–Kier alpha value is -3.19. The molecule has 4 rings (SSSR count). The molecule has 7 nitrogen and oxygen atoms in total. The second kappa shape index (κ2) is 10.8. The molecule has 2 aromatic carbocycles. The second-order valence-electron chi connectivity index (χ2n) is 8.40. The van der Waals surface area contributed by atoms with Crippen LogP contribution in [0.3, 0.4) is 0 Å². The van der Waals surface area contributed by atoms with Crippen LogP contribution in [0.25, 0.3) is 11.0 Å². The van der Waals surface area contributed by atoms with E-state index in [9.17, 15) is 4.79 Å². The number of rotatable bonds is 9. The first kappa shape index (κ1) is 24.0. The Bertz CT molecular complexity index is 1180. The van der Waals surface area contributed by atoms with Gasteiger partial charge in [-0.25, -0.2) is 4.79 Å². The van der Waals surface area contributed by atoms with Crippen molar-refractivity contribution in [2.24, 2.45) is 0 Å². The van der Waals surface area contributed by atoms with E-state index in [0.717, 1.165) is 55.1 Å². The van der Waals surface area contributed by atoms with Crippen LogP contribution in [0.15, 0.2) is 45.6 Å². The van der Waals surface area contributed by atoms with Crippen LogP contribution in [-0.4, -0.2) is 57.9 Å². The summed E-state index contributed by atoms with van der Waals surface area (Å²) < 4.78 is 22.8. The quantitative estimate of drug-likeness (QED) is 0.436. The van der Waals surface area contributed by atoms with Gasteiger partial charge in [-0.3, -0.25) is 4.90 Å². The number of anilines is 1. The lowest BCUT2D eigenvalue weighted by Gasteiger charge is -2.36. The van der Waals surface area contributed by atoms with E-state index in [1.807, 2.05) is 45.0 Å². The minimum absolute atomic E-state index is 0.284. The summed E-state index contributed by atoms with van der Waals surface area (Å²) >= 11 is 0. The summed E-state index contributed by atoms with van der Waals surface area (Å²) in [6.45, 7) is 11.4. The lowest BCUT2D eigenvalue weighted by atomic mass is 10.0. The molecule has 1 aliphatic rings. The first-order chi connectivity index (χ1) is 16.5. The van der Waals surface area contributed by atoms with E-state index >= 15 is 0 Å². The summed E-state index contributed by atoms with van der Waals surface area (Å²) in [7, 11) is 1.71. The number of fused-ring (bicyclic) bond motifs is 1. The standard InChI is InChI=1S/C27H34N2O5/c1-5-32-20-17-24(33-6-2)26-19(3)21(27(30)34-25(26)18-20)11-12-28-13-15-29(16-14-28)22-9-7-8-10-23(22)31-4/h7-10,17-18H,5-6,11-16H2,1-4H3. The number of nitrogens with zero attached hydrogens (tertiary/aromatic N) is 2. The largest absolute Gasteiger partial charge is 0.495 e. The number of hydrogen-bond acceptors (Lipinski definition) is 7. The summed E-state index contributed by atoms with van der Waals surface area (Å²) in [5.41, 5.74) is 2.99. The zero-order valence-electron chi connectivity index (χ0n) is 20.6. The Morgan fingerprint density at radius 2 is 1.71 bits per heavy atom. The summed E-state index contributed by atoms with van der Waals surface area (Å²) in [6.07, 6.45) is 0.636. The molecular formula is C27H34N2O5. The lowest BCUT2D eigenvalue weighted by Crippen LogP contribution is -2.47. The third-order valence-electron chi connectivity index (χ3n) is 6.40. The molecule has 0 radical (unpaired) electrons. The molecule has 0 amide bonds. The molecule has 2 heterocycles. The number of hydrogen-bond donors (Lipinski definition) is 0. The SMILES string of the molecule is CCOc1cc(OCC)c2c(C)c(CCN3CCN(c4ccccc4OC)CC3)c(=O)oc2c1. The van der Waals surface area contributed by atoms with E-state index in [1.165, 1.54) is 0 Å². The molecule has 0 unspecified atom stereocenters. The number of piperazine rings is 1. The molecule has 0 bridgehead atoms. The molecule has 0 saturated carbocycles. The maximum atomic E-state index is 12.9. The molecule has 1 saturated heterocycles. The smallest absolute Gasteiger partial charge is 0.339 e. The van der Waals surface area contributed by atoms with Crippen LogP contribution >= 0.6 is 0 Å². The molecule has 1 aromatic heterocycles. The van der Waals surface area contributed by atoms with Crippen LogP contribution in [-0.2, 0) is 6.42 Å². The molecule has 0 spiro atoms. The van der Waals surface area contributed by atoms with Crippen LogP contribution in [0, 0.1) is 6.92 Å². The van der Waals surface area contributed by atoms with E-state index in [4.69, 9.17) is 18.6 Å². The monoisotopic (exact) mass is 466 g/mol. The van der Waals surface area contributed by atoms with Crippen molar-refractivity contribution in [1.29, 1.82) is 0 Å². The first-order valence-electron chi connectivity index (χ1n) is 12.0. The molecule has 0 N–H and O–H groups in total. The van der Waals surface area contributed by atoms with Gasteiger partial charge in [0, 0.05) is 50.4 Å². The maximum Gasteiger partial charge on any atom is 0.339 e. The van der Waals surface area contributed by atoms with Crippen molar-refractivity contribution < 1.29 is 18.6 Å². The van der Waals surface area contributed by atoms with E-state index in [0.29, 0.717) is 42.3 Å². The topological polar surface area (TPSA) is 64.4 Å². The normalized spacial score (nSPS) is 14.4. The molecule has 0 aliphatic carbocycles. The van der Waals surface area contributed by atoms with Gasteiger partial charge in [-0.05, 0) is 44.9 Å². The predicted molar refractivity (Wildman–Crippen MR) is 135 cm³/mol. The maximum absolute atomic E-state index is 12.9. The predicted octanol–water partition coefficient (Wildman–Crippen LogP) is 4.27. The minimum atomic E-state index is -0.284. The molecule has 34 heavy (non-hydrogen) atoms. The van der Waals surface area contributed by atoms with Gasteiger partial charge in [-0.15, -0.1) is 0 Å². The minimum Gasteiger partial charge on any atom is -0.495 e. The summed E-state index contributed by atoms with van der Waals surface area (Å²) in [6, 6.07) is 11.8. The Balaban J connectivity index is 1.49. The fraction of sp³-hybridized carbons (Fsp3) is 0.444. The van der Waals surface area contributed by atoms with Gasteiger partial charge in [0.25, 0.3) is 0 Å². The van der Waals surface area contributed by atoms with Crippen molar-refractivity contribution in [3.63, 3.8) is 0 Å². The molecule has 7 heteroatoms. The van der Waals surface area contributed by atoms with Crippen LogP contribution in [0.2, 0.25) is 0 Å². The lowest BCUT2D eigenvalue weighted by molar-refractivity contribution is 0.259. The van der Waals surface area contributed by atoms with Crippen LogP contribution in [0.4, 0.5) is 5.69 Å². The molecule has 3 aromatic rings. The van der Waals surface area contributed by atoms with Gasteiger partial charge in [-0.1, -0.05) is 12.1 Å². The Morgan fingerprint density at radius 3 is 2.41 bits per heavy atom. The zero-order valence-corrected chi connectivity index (χ0v) is 20.6. The van der Waals surface area contributed by atoms with Crippen LogP contribution in [0.1, 0.15) is 25.0 Å². The Labute approximate surface area is 200 Å². The number of para-hydroxylation sites is 2. The summed E-state index contributed by atoms with van der Waals surface area (Å²) in [5.74, 6) is 2.23. The molecule has 0 atom stereocenters. The summed E-state index contributed by atoms with van der Waals surface area (Å²) in [5, 5.41) is 0.848. The van der Waals surface area contributed by atoms with E-state index < -0.39 is 0 Å².